The zero-order valence-corrected chi connectivity index (χ0v) is 20.5. The number of halogens is 2. The van der Waals surface area contributed by atoms with Gasteiger partial charge in [0.2, 0.25) is 5.91 Å². The highest BCUT2D eigenvalue weighted by Crippen LogP contribution is 2.38. The molecule has 1 aliphatic rings. The molecule has 1 saturated heterocycles. The second kappa shape index (κ2) is 12.4. The molecular formula is C25H37Cl2N3O. The van der Waals surface area contributed by atoms with Gasteiger partial charge in [-0.15, -0.1) is 24.8 Å². The van der Waals surface area contributed by atoms with Gasteiger partial charge in [-0.1, -0.05) is 67.6 Å². The molecule has 2 unspecified atom stereocenters. The predicted molar refractivity (Wildman–Crippen MR) is 134 cm³/mol. The first-order chi connectivity index (χ1) is 14.0. The fraction of sp³-hybridized carbons (Fsp3) is 0.480. The van der Waals surface area contributed by atoms with E-state index in [1.54, 1.807) is 0 Å². The van der Waals surface area contributed by atoms with Crippen molar-refractivity contribution in [3.8, 4) is 0 Å². The van der Waals surface area contributed by atoms with Gasteiger partial charge in [0.25, 0.3) is 0 Å². The summed E-state index contributed by atoms with van der Waals surface area (Å²) in [6.07, 6.45) is 2.79. The molecule has 31 heavy (non-hydrogen) atoms. The van der Waals surface area contributed by atoms with Crippen molar-refractivity contribution in [3.05, 3.63) is 71.8 Å². The molecule has 0 saturated carbocycles. The number of benzene rings is 2. The summed E-state index contributed by atoms with van der Waals surface area (Å²) in [5.41, 5.74) is 8.66. The number of piperidine rings is 1. The highest BCUT2D eigenvalue weighted by atomic mass is 35.5. The molecule has 0 aliphatic carbocycles. The number of nitrogens with two attached hydrogens (primary N) is 1. The molecule has 2 N–H and O–H groups in total. The summed E-state index contributed by atoms with van der Waals surface area (Å²) in [6.45, 7) is 4.08. The van der Waals surface area contributed by atoms with E-state index in [1.165, 1.54) is 11.1 Å². The summed E-state index contributed by atoms with van der Waals surface area (Å²) < 4.78 is 0. The molecule has 0 aromatic heterocycles. The van der Waals surface area contributed by atoms with Crippen LogP contribution in [-0.2, 0) is 10.3 Å². The van der Waals surface area contributed by atoms with Crippen LogP contribution in [0, 0.1) is 5.92 Å². The van der Waals surface area contributed by atoms with Gasteiger partial charge >= 0.3 is 0 Å². The SMILES string of the molecule is CCC(c1ccccc1)C(CN)C(=O)N1CCC(c2ccccc2)(N(C)C)CC1.Cl.Cl. The molecule has 0 radical (unpaired) electrons. The first-order valence-corrected chi connectivity index (χ1v) is 10.8. The molecule has 3 rings (SSSR count). The van der Waals surface area contributed by atoms with Crippen LogP contribution in [-0.4, -0.2) is 49.4 Å². The third kappa shape index (κ3) is 5.81. The maximum atomic E-state index is 13.5. The van der Waals surface area contributed by atoms with Crippen LogP contribution < -0.4 is 5.73 Å². The van der Waals surface area contributed by atoms with E-state index >= 15 is 0 Å². The number of hydrogen-bond donors (Lipinski definition) is 1. The lowest BCUT2D eigenvalue weighted by Crippen LogP contribution is -2.53. The van der Waals surface area contributed by atoms with Crippen molar-refractivity contribution in [1.82, 2.24) is 9.80 Å². The topological polar surface area (TPSA) is 49.6 Å². The van der Waals surface area contributed by atoms with Crippen molar-refractivity contribution in [2.75, 3.05) is 33.7 Å². The van der Waals surface area contributed by atoms with Gasteiger partial charge in [-0.05, 0) is 50.4 Å². The normalized spacial score (nSPS) is 17.3. The Hall–Kier alpha value is -1.59. The highest BCUT2D eigenvalue weighted by Gasteiger charge is 2.41. The van der Waals surface area contributed by atoms with Crippen LogP contribution in [0.5, 0.6) is 0 Å². The minimum atomic E-state index is -0.161. The third-order valence-corrected chi connectivity index (χ3v) is 6.79. The molecule has 0 spiro atoms. The zero-order valence-electron chi connectivity index (χ0n) is 18.9. The average Bonchev–Trinajstić information content (AvgIpc) is 2.78. The smallest absolute Gasteiger partial charge is 0.227 e. The predicted octanol–water partition coefficient (Wildman–Crippen LogP) is 4.68. The van der Waals surface area contributed by atoms with Crippen LogP contribution in [0.2, 0.25) is 0 Å². The first kappa shape index (κ1) is 27.4. The van der Waals surface area contributed by atoms with Crippen LogP contribution >= 0.6 is 24.8 Å². The molecule has 4 nitrogen and oxygen atoms in total. The van der Waals surface area contributed by atoms with Crippen molar-refractivity contribution < 1.29 is 4.79 Å². The molecule has 2 atom stereocenters. The van der Waals surface area contributed by atoms with Crippen molar-refractivity contribution in [2.24, 2.45) is 11.7 Å². The van der Waals surface area contributed by atoms with Gasteiger partial charge < -0.3 is 10.6 Å². The second-order valence-electron chi connectivity index (χ2n) is 8.38. The van der Waals surface area contributed by atoms with Gasteiger partial charge in [0, 0.05) is 25.2 Å². The lowest BCUT2D eigenvalue weighted by molar-refractivity contribution is -0.138. The quantitative estimate of drug-likeness (QED) is 0.645. The molecule has 1 amide bonds. The molecule has 172 valence electrons. The number of likely N-dealkylation sites (tertiary alicyclic amines) is 1. The number of rotatable bonds is 7. The van der Waals surface area contributed by atoms with E-state index in [9.17, 15) is 4.79 Å². The maximum Gasteiger partial charge on any atom is 0.227 e. The molecule has 2 aromatic carbocycles. The Balaban J connectivity index is 0.00000240. The van der Waals surface area contributed by atoms with E-state index in [4.69, 9.17) is 5.73 Å². The Labute approximate surface area is 200 Å². The lowest BCUT2D eigenvalue weighted by atomic mass is 9.78. The van der Waals surface area contributed by atoms with E-state index in [0.717, 1.165) is 32.4 Å². The summed E-state index contributed by atoms with van der Waals surface area (Å²) in [5, 5.41) is 0. The van der Waals surface area contributed by atoms with Gasteiger partial charge in [-0.3, -0.25) is 9.69 Å². The summed E-state index contributed by atoms with van der Waals surface area (Å²) in [5.74, 6) is 0.220. The van der Waals surface area contributed by atoms with E-state index in [-0.39, 0.29) is 48.1 Å². The van der Waals surface area contributed by atoms with Crippen molar-refractivity contribution in [3.63, 3.8) is 0 Å². The van der Waals surface area contributed by atoms with E-state index in [1.807, 2.05) is 23.1 Å². The molecule has 0 bridgehead atoms. The van der Waals surface area contributed by atoms with E-state index in [0.29, 0.717) is 6.54 Å². The molecule has 1 fully saturated rings. The number of amides is 1. The Morgan fingerprint density at radius 1 is 1.00 bits per heavy atom. The van der Waals surface area contributed by atoms with Crippen molar-refractivity contribution in [2.45, 2.75) is 37.6 Å². The lowest BCUT2D eigenvalue weighted by Gasteiger charge is -2.47. The second-order valence-corrected chi connectivity index (χ2v) is 8.38. The van der Waals surface area contributed by atoms with Crippen LogP contribution in [0.4, 0.5) is 0 Å². The highest BCUT2D eigenvalue weighted by molar-refractivity contribution is 5.85. The summed E-state index contributed by atoms with van der Waals surface area (Å²) in [6, 6.07) is 21.0. The number of nitrogens with zero attached hydrogens (tertiary/aromatic N) is 2. The van der Waals surface area contributed by atoms with Crippen LogP contribution in [0.25, 0.3) is 0 Å². The Kier molecular flexibility index (Phi) is 11.0. The van der Waals surface area contributed by atoms with Gasteiger partial charge in [0.1, 0.15) is 0 Å². The fourth-order valence-electron chi connectivity index (χ4n) is 4.96. The van der Waals surface area contributed by atoms with Crippen molar-refractivity contribution in [1.29, 1.82) is 0 Å². The molecule has 2 aromatic rings. The summed E-state index contributed by atoms with van der Waals surface area (Å²) in [4.78, 5) is 17.8. The monoisotopic (exact) mass is 465 g/mol. The number of hydrogen-bond acceptors (Lipinski definition) is 3. The third-order valence-electron chi connectivity index (χ3n) is 6.79. The zero-order chi connectivity index (χ0) is 20.9. The van der Waals surface area contributed by atoms with Gasteiger partial charge in [0.05, 0.1) is 5.92 Å². The number of carbonyl (C=O) groups is 1. The summed E-state index contributed by atoms with van der Waals surface area (Å²) >= 11 is 0. The Morgan fingerprint density at radius 3 is 1.97 bits per heavy atom. The van der Waals surface area contributed by atoms with Gasteiger partial charge in [-0.25, -0.2) is 0 Å². The van der Waals surface area contributed by atoms with Gasteiger partial charge in [0.15, 0.2) is 0 Å². The number of carbonyl (C=O) groups excluding carboxylic acids is 1. The maximum absolute atomic E-state index is 13.5. The Bertz CT molecular complexity index is 778. The first-order valence-electron chi connectivity index (χ1n) is 10.8. The fourth-order valence-corrected chi connectivity index (χ4v) is 4.96. The average molecular weight is 466 g/mol. The Morgan fingerprint density at radius 2 is 1.52 bits per heavy atom. The minimum absolute atomic E-state index is 0. The largest absolute Gasteiger partial charge is 0.342 e. The molecule has 1 aliphatic heterocycles. The van der Waals surface area contributed by atoms with Crippen molar-refractivity contribution >= 4 is 30.7 Å². The van der Waals surface area contributed by atoms with E-state index in [2.05, 4.69) is 68.4 Å². The van der Waals surface area contributed by atoms with Gasteiger partial charge in [-0.2, -0.15) is 0 Å². The van der Waals surface area contributed by atoms with Crippen LogP contribution in [0.1, 0.15) is 43.2 Å². The van der Waals surface area contributed by atoms with Crippen LogP contribution in [0.3, 0.4) is 0 Å². The molecular weight excluding hydrogens is 429 g/mol. The molecule has 1 heterocycles. The van der Waals surface area contributed by atoms with E-state index < -0.39 is 0 Å². The standard InChI is InChI=1S/C25H35N3O.2ClH/c1-4-22(20-11-7-5-8-12-20)23(19-26)24(29)28-17-15-25(16-18-28,27(2)3)21-13-9-6-10-14-21;;/h5-14,22-23H,4,15-19,26H2,1-3H3;2*1H. The minimum Gasteiger partial charge on any atom is -0.342 e. The molecule has 6 heteroatoms. The summed E-state index contributed by atoms with van der Waals surface area (Å²) in [7, 11) is 4.30. The van der Waals surface area contributed by atoms with Crippen LogP contribution in [0.15, 0.2) is 60.7 Å².